The molecule has 44 heavy (non-hydrogen) atoms. The highest BCUT2D eigenvalue weighted by atomic mass is 16.5. The molecule has 230 valence electrons. The van der Waals surface area contributed by atoms with E-state index in [4.69, 9.17) is 14.7 Å². The number of fused-ring (bicyclic) bond motifs is 2. The first-order valence-electron chi connectivity index (χ1n) is 16.4. The van der Waals surface area contributed by atoms with E-state index in [0.29, 0.717) is 38.3 Å². The first-order valence-corrected chi connectivity index (χ1v) is 16.4. The van der Waals surface area contributed by atoms with Crippen molar-refractivity contribution in [2.45, 2.75) is 56.7 Å². The molecular formula is C35H43N7O2. The Balaban J connectivity index is 1.14. The Morgan fingerprint density at radius 2 is 1.86 bits per heavy atom. The largest absolute Gasteiger partial charge is 0.462 e. The second kappa shape index (κ2) is 12.6. The molecule has 2 aromatic carbocycles. The molecule has 2 aromatic rings. The molecule has 0 spiro atoms. The standard InChI is InChI=1S/C35H43N7O2/c1-2-33(43)42-20-19-41(22-27(42)14-16-36)34-30-15-18-40(32-11-5-8-26-7-3-4-10-29(26)32)23-31(30)37-35(38-34)44-24-28-9-6-17-39(28)21-25-12-13-25/h2-5,7-8,10-11,25,27-28,30-31H,1,6,9,12-15,17-24H2/t27?,28-,30?,31?/m0/s1. The van der Waals surface area contributed by atoms with E-state index in [1.165, 1.54) is 48.3 Å². The van der Waals surface area contributed by atoms with Gasteiger partial charge in [-0.05, 0) is 62.1 Å². The summed E-state index contributed by atoms with van der Waals surface area (Å²) >= 11 is 0. The Morgan fingerprint density at radius 1 is 1.00 bits per heavy atom. The van der Waals surface area contributed by atoms with Gasteiger partial charge in [0.15, 0.2) is 0 Å². The fourth-order valence-corrected chi connectivity index (χ4v) is 7.67. The fourth-order valence-electron chi connectivity index (χ4n) is 7.67. The molecule has 4 aliphatic heterocycles. The summed E-state index contributed by atoms with van der Waals surface area (Å²) in [6.45, 7) is 10.1. The minimum absolute atomic E-state index is 0.0126. The van der Waals surface area contributed by atoms with Crippen LogP contribution in [0.3, 0.4) is 0 Å². The van der Waals surface area contributed by atoms with Gasteiger partial charge in [-0.25, -0.2) is 4.99 Å². The Labute approximate surface area is 260 Å². The van der Waals surface area contributed by atoms with Crippen molar-refractivity contribution in [1.29, 1.82) is 5.26 Å². The number of nitrogens with zero attached hydrogens (tertiary/aromatic N) is 7. The first-order chi connectivity index (χ1) is 21.6. The van der Waals surface area contributed by atoms with Gasteiger partial charge in [-0.3, -0.25) is 9.69 Å². The molecule has 1 amide bonds. The van der Waals surface area contributed by atoms with E-state index in [1.54, 1.807) is 4.90 Å². The number of amidine groups is 2. The smallest absolute Gasteiger partial charge is 0.313 e. The Hall–Kier alpha value is -3.90. The average Bonchev–Trinajstić information content (AvgIpc) is 3.78. The molecule has 3 saturated heterocycles. The highest BCUT2D eigenvalue weighted by molar-refractivity contribution is 5.99. The van der Waals surface area contributed by atoms with Crippen LogP contribution in [0.5, 0.6) is 0 Å². The predicted molar refractivity (Wildman–Crippen MR) is 174 cm³/mol. The second-order valence-electron chi connectivity index (χ2n) is 13.0. The summed E-state index contributed by atoms with van der Waals surface area (Å²) in [5, 5.41) is 12.1. The van der Waals surface area contributed by atoms with Crippen LogP contribution in [-0.2, 0) is 9.53 Å². The molecular weight excluding hydrogens is 550 g/mol. The fraction of sp³-hybridized carbons (Fsp3) is 0.543. The van der Waals surface area contributed by atoms with Gasteiger partial charge in [0.1, 0.15) is 12.4 Å². The van der Waals surface area contributed by atoms with Crippen LogP contribution in [0.2, 0.25) is 0 Å². The van der Waals surface area contributed by atoms with E-state index in [-0.39, 0.29) is 30.3 Å². The molecule has 9 heteroatoms. The lowest BCUT2D eigenvalue weighted by molar-refractivity contribution is -0.130. The summed E-state index contributed by atoms with van der Waals surface area (Å²) in [5.74, 6) is 1.92. The number of hydrogen-bond donors (Lipinski definition) is 0. The molecule has 0 radical (unpaired) electrons. The lowest BCUT2D eigenvalue weighted by Crippen LogP contribution is -2.60. The number of likely N-dealkylation sites (tertiary alicyclic amines) is 1. The SMILES string of the molecule is C=CC(=O)N1CCN(C2=NC(OC[C@@H]3CCCN3CC3CC3)=NC3CN(c4cccc5ccccc45)CCC23)CC1CC#N. The van der Waals surface area contributed by atoms with Gasteiger partial charge in [0.05, 0.1) is 24.6 Å². The highest BCUT2D eigenvalue weighted by Gasteiger charge is 2.41. The number of anilines is 1. The first kappa shape index (κ1) is 28.8. The van der Waals surface area contributed by atoms with Gasteiger partial charge in [-0.2, -0.15) is 10.3 Å². The number of ether oxygens (including phenoxy) is 1. The van der Waals surface area contributed by atoms with E-state index in [9.17, 15) is 10.1 Å². The molecule has 5 aliphatic rings. The lowest BCUT2D eigenvalue weighted by Gasteiger charge is -2.46. The molecule has 4 heterocycles. The maximum Gasteiger partial charge on any atom is 0.313 e. The Kier molecular flexibility index (Phi) is 8.26. The van der Waals surface area contributed by atoms with Crippen molar-refractivity contribution in [3.8, 4) is 6.07 Å². The number of amides is 1. The number of nitriles is 1. The lowest BCUT2D eigenvalue weighted by atomic mass is 9.88. The van der Waals surface area contributed by atoms with Crippen LogP contribution in [0, 0.1) is 23.2 Å². The number of piperazine rings is 1. The summed E-state index contributed by atoms with van der Waals surface area (Å²) in [6.07, 6.45) is 7.66. The molecule has 1 aliphatic carbocycles. The Bertz CT molecular complexity index is 1490. The summed E-state index contributed by atoms with van der Waals surface area (Å²) in [4.78, 5) is 32.0. The summed E-state index contributed by atoms with van der Waals surface area (Å²) < 4.78 is 6.48. The number of carbonyl (C=O) groups is 1. The Morgan fingerprint density at radius 3 is 2.70 bits per heavy atom. The number of hydrogen-bond acceptors (Lipinski definition) is 8. The molecule has 7 rings (SSSR count). The number of aliphatic imine (C=N–C) groups is 2. The maximum atomic E-state index is 12.6. The summed E-state index contributed by atoms with van der Waals surface area (Å²) in [6, 6.07) is 18.1. The summed E-state index contributed by atoms with van der Waals surface area (Å²) in [7, 11) is 0. The monoisotopic (exact) mass is 593 g/mol. The maximum absolute atomic E-state index is 12.6. The average molecular weight is 594 g/mol. The van der Waals surface area contributed by atoms with Crippen LogP contribution >= 0.6 is 0 Å². The number of rotatable bonds is 7. The van der Waals surface area contributed by atoms with Crippen molar-refractivity contribution < 1.29 is 9.53 Å². The second-order valence-corrected chi connectivity index (χ2v) is 13.0. The van der Waals surface area contributed by atoms with Crippen LogP contribution in [0.4, 0.5) is 5.69 Å². The quantitative estimate of drug-likeness (QED) is 0.445. The molecule has 4 atom stereocenters. The minimum atomic E-state index is -0.200. The van der Waals surface area contributed by atoms with E-state index in [0.717, 1.165) is 44.2 Å². The van der Waals surface area contributed by atoms with Gasteiger partial charge in [0.2, 0.25) is 5.91 Å². The number of carbonyl (C=O) groups excluding carboxylic acids is 1. The number of piperidine rings is 1. The van der Waals surface area contributed by atoms with Crippen molar-refractivity contribution in [3.63, 3.8) is 0 Å². The van der Waals surface area contributed by atoms with Crippen LogP contribution in [0.15, 0.2) is 65.1 Å². The van der Waals surface area contributed by atoms with Gasteiger partial charge < -0.3 is 19.4 Å². The van der Waals surface area contributed by atoms with E-state index < -0.39 is 0 Å². The van der Waals surface area contributed by atoms with Gasteiger partial charge in [0, 0.05) is 62.3 Å². The third-order valence-corrected chi connectivity index (χ3v) is 10.2. The van der Waals surface area contributed by atoms with Crippen molar-refractivity contribution in [1.82, 2.24) is 14.7 Å². The van der Waals surface area contributed by atoms with Gasteiger partial charge in [0.25, 0.3) is 0 Å². The zero-order valence-corrected chi connectivity index (χ0v) is 25.6. The zero-order chi connectivity index (χ0) is 30.0. The molecule has 1 saturated carbocycles. The molecule has 4 fully saturated rings. The zero-order valence-electron chi connectivity index (χ0n) is 25.6. The highest BCUT2D eigenvalue weighted by Crippen LogP contribution is 2.35. The van der Waals surface area contributed by atoms with Gasteiger partial charge in [-0.15, -0.1) is 0 Å². The van der Waals surface area contributed by atoms with Crippen molar-refractivity contribution in [2.75, 3.05) is 57.3 Å². The van der Waals surface area contributed by atoms with Crippen LogP contribution in [0.25, 0.3) is 10.8 Å². The van der Waals surface area contributed by atoms with Crippen LogP contribution < -0.4 is 4.90 Å². The topological polar surface area (TPSA) is 87.8 Å². The normalized spacial score (nSPS) is 27.4. The van der Waals surface area contributed by atoms with Crippen LogP contribution in [-0.4, -0.2) is 103 Å². The molecule has 0 N–H and O–H groups in total. The number of benzene rings is 2. The van der Waals surface area contributed by atoms with Crippen molar-refractivity contribution in [2.24, 2.45) is 21.8 Å². The minimum Gasteiger partial charge on any atom is -0.462 e. The van der Waals surface area contributed by atoms with Crippen molar-refractivity contribution >= 4 is 34.2 Å². The van der Waals surface area contributed by atoms with E-state index in [1.807, 2.05) is 0 Å². The van der Waals surface area contributed by atoms with Gasteiger partial charge in [-0.1, -0.05) is 43.0 Å². The molecule has 3 unspecified atom stereocenters. The summed E-state index contributed by atoms with van der Waals surface area (Å²) in [5.41, 5.74) is 1.25. The molecule has 0 aromatic heterocycles. The third-order valence-electron chi connectivity index (χ3n) is 10.2. The van der Waals surface area contributed by atoms with Crippen LogP contribution in [0.1, 0.15) is 38.5 Å². The predicted octanol–water partition coefficient (Wildman–Crippen LogP) is 4.31. The third kappa shape index (κ3) is 5.92. The van der Waals surface area contributed by atoms with E-state index >= 15 is 0 Å². The molecule has 9 nitrogen and oxygen atoms in total. The van der Waals surface area contributed by atoms with Crippen molar-refractivity contribution in [3.05, 3.63) is 55.1 Å². The van der Waals surface area contributed by atoms with E-state index in [2.05, 4.69) is 69.8 Å². The molecule has 0 bridgehead atoms. The van der Waals surface area contributed by atoms with Gasteiger partial charge >= 0.3 is 6.02 Å².